The highest BCUT2D eigenvalue weighted by atomic mass is 15.2. The molecule has 67 heavy (non-hydrogen) atoms. The van der Waals surface area contributed by atoms with Crippen molar-refractivity contribution in [3.63, 3.8) is 0 Å². The molecule has 0 spiro atoms. The lowest BCUT2D eigenvalue weighted by atomic mass is 9.30. The van der Waals surface area contributed by atoms with Crippen molar-refractivity contribution in [2.24, 2.45) is 0 Å². The quantitative estimate of drug-likeness (QED) is 0.160. The van der Waals surface area contributed by atoms with Crippen LogP contribution in [0.5, 0.6) is 0 Å². The highest BCUT2D eigenvalue weighted by molar-refractivity contribution is 6.99. The van der Waals surface area contributed by atoms with Crippen LogP contribution in [0.1, 0.15) is 104 Å². The minimum Gasteiger partial charge on any atom is -0.311 e. The lowest BCUT2D eigenvalue weighted by Crippen LogP contribution is -2.64. The molecule has 0 unspecified atom stereocenters. The van der Waals surface area contributed by atoms with E-state index in [1.54, 1.807) is 0 Å². The molecule has 0 aliphatic carbocycles. The Balaban J connectivity index is 1.25. The number of nitrogens with zero attached hydrogens (tertiary/aromatic N) is 3. The summed E-state index contributed by atoms with van der Waals surface area (Å²) in [4.78, 5) is 5.00. The van der Waals surface area contributed by atoms with Gasteiger partial charge in [-0.3, -0.25) is 0 Å². The maximum absolute atomic E-state index is 2.60. The van der Waals surface area contributed by atoms with Crippen LogP contribution >= 0.6 is 0 Å². The molecule has 0 saturated heterocycles. The SMILES string of the molecule is CC(C)(C)c1ccc(N2c3cc(N(c4ccccc4)c4ccccc4)ccc3B3c4cc5c(cc4C(C)(C)c4cc(C(C)(C)C)cc2c43)c2cc(C(C)(C)C)ccc2n5-c2ccccc2)cc1. The van der Waals surface area contributed by atoms with Crippen LogP contribution in [0.3, 0.4) is 0 Å². The zero-order chi connectivity index (χ0) is 46.8. The van der Waals surface area contributed by atoms with Gasteiger partial charge in [-0.1, -0.05) is 167 Å². The first kappa shape index (κ1) is 42.8. The second kappa shape index (κ2) is 15.1. The van der Waals surface area contributed by atoms with Crippen molar-refractivity contribution in [1.29, 1.82) is 0 Å². The standard InChI is InChI=1S/C63H62BN3/c1-60(2,3)41-27-30-47(31-28-41)67-57-38-48(65(44-21-15-12-16-22-44)45-23-17-13-18-24-45)32-33-53(57)64-54-40-56-50(39-51(54)63(10,11)52-36-43(62(7,8)9)37-58(67)59(52)64)49-35-42(61(4,5)6)29-34-55(49)66(56)46-25-19-14-20-26-46/h12-40H,1-11H3. The van der Waals surface area contributed by atoms with Crippen LogP contribution in [-0.4, -0.2) is 11.3 Å². The summed E-state index contributed by atoms with van der Waals surface area (Å²) in [6.45, 7) is 25.9. The predicted molar refractivity (Wildman–Crippen MR) is 289 cm³/mol. The maximum Gasteiger partial charge on any atom is 0.247 e. The van der Waals surface area contributed by atoms with Gasteiger partial charge in [0.2, 0.25) is 6.71 Å². The molecule has 3 heterocycles. The van der Waals surface area contributed by atoms with Crippen molar-refractivity contribution in [1.82, 2.24) is 4.57 Å². The lowest BCUT2D eigenvalue weighted by molar-refractivity contribution is 0.583. The molecular formula is C63H62BN3. The monoisotopic (exact) mass is 872 g/mol. The first-order chi connectivity index (χ1) is 31.9. The third kappa shape index (κ3) is 6.94. The van der Waals surface area contributed by atoms with Crippen LogP contribution in [0.25, 0.3) is 27.5 Å². The van der Waals surface area contributed by atoms with Gasteiger partial charge in [0, 0.05) is 56.0 Å². The molecule has 8 aromatic carbocycles. The van der Waals surface area contributed by atoms with Gasteiger partial charge >= 0.3 is 0 Å². The molecular weight excluding hydrogens is 810 g/mol. The molecule has 0 radical (unpaired) electrons. The fourth-order valence-corrected chi connectivity index (χ4v) is 11.1. The van der Waals surface area contributed by atoms with Crippen LogP contribution in [0.4, 0.5) is 34.1 Å². The van der Waals surface area contributed by atoms with Crippen molar-refractivity contribution in [3.8, 4) is 5.69 Å². The van der Waals surface area contributed by atoms with E-state index in [9.17, 15) is 0 Å². The Morgan fingerprint density at radius 1 is 0.418 bits per heavy atom. The number of rotatable bonds is 5. The van der Waals surface area contributed by atoms with E-state index in [4.69, 9.17) is 0 Å². The maximum atomic E-state index is 2.60. The molecule has 332 valence electrons. The molecule has 2 aliphatic rings. The normalized spacial score (nSPS) is 14.3. The molecule has 4 heteroatoms. The van der Waals surface area contributed by atoms with E-state index in [0.717, 1.165) is 17.1 Å². The van der Waals surface area contributed by atoms with Gasteiger partial charge < -0.3 is 14.4 Å². The average molecular weight is 872 g/mol. The number of para-hydroxylation sites is 3. The fraction of sp³-hybridized carbons (Fsp3) is 0.238. The van der Waals surface area contributed by atoms with Crippen LogP contribution in [-0.2, 0) is 21.7 Å². The highest BCUT2D eigenvalue weighted by Gasteiger charge is 2.47. The average Bonchev–Trinajstić information content (AvgIpc) is 3.62. The second-order valence-corrected chi connectivity index (χ2v) is 22.8. The summed E-state index contributed by atoms with van der Waals surface area (Å²) in [5.41, 5.74) is 21.3. The topological polar surface area (TPSA) is 11.4 Å². The molecule has 0 fully saturated rings. The minimum atomic E-state index is -0.301. The summed E-state index contributed by atoms with van der Waals surface area (Å²) in [7, 11) is 0. The Labute approximate surface area is 398 Å². The summed E-state index contributed by atoms with van der Waals surface area (Å²) >= 11 is 0. The molecule has 3 nitrogen and oxygen atoms in total. The predicted octanol–water partition coefficient (Wildman–Crippen LogP) is 15.1. The number of hydrogen-bond acceptors (Lipinski definition) is 2. The van der Waals surface area contributed by atoms with E-state index < -0.39 is 0 Å². The Kier molecular flexibility index (Phi) is 9.67. The summed E-state index contributed by atoms with van der Waals surface area (Å²) in [5.74, 6) is 0. The molecule has 9 aromatic rings. The van der Waals surface area contributed by atoms with Gasteiger partial charge in [0.05, 0.1) is 11.0 Å². The summed E-state index contributed by atoms with van der Waals surface area (Å²) in [6, 6.07) is 66.7. The van der Waals surface area contributed by atoms with Gasteiger partial charge in [0.15, 0.2) is 0 Å². The first-order valence-corrected chi connectivity index (χ1v) is 24.2. The molecule has 0 amide bonds. The van der Waals surface area contributed by atoms with Crippen molar-refractivity contribution in [3.05, 3.63) is 204 Å². The molecule has 0 bridgehead atoms. The largest absolute Gasteiger partial charge is 0.311 e. The minimum absolute atomic E-state index is 0.00476. The van der Waals surface area contributed by atoms with Gasteiger partial charge in [-0.05, 0) is 146 Å². The van der Waals surface area contributed by atoms with Gasteiger partial charge in [-0.15, -0.1) is 0 Å². The Hall–Kier alpha value is -6.78. The Bertz CT molecular complexity index is 3320. The first-order valence-electron chi connectivity index (χ1n) is 24.2. The zero-order valence-electron chi connectivity index (χ0n) is 41.2. The molecule has 0 atom stereocenters. The van der Waals surface area contributed by atoms with Crippen LogP contribution < -0.4 is 26.2 Å². The van der Waals surface area contributed by atoms with Crippen LogP contribution in [0.2, 0.25) is 0 Å². The van der Waals surface area contributed by atoms with Gasteiger partial charge in [0.25, 0.3) is 0 Å². The molecule has 1 aromatic heterocycles. The van der Waals surface area contributed by atoms with E-state index in [2.05, 4.69) is 266 Å². The van der Waals surface area contributed by atoms with E-state index >= 15 is 0 Å². The van der Waals surface area contributed by atoms with Crippen LogP contribution in [0, 0.1) is 0 Å². The number of anilines is 6. The Morgan fingerprint density at radius 3 is 1.58 bits per heavy atom. The van der Waals surface area contributed by atoms with E-state index in [-0.39, 0.29) is 28.4 Å². The van der Waals surface area contributed by atoms with E-state index in [1.165, 1.54) is 88.8 Å². The lowest BCUT2D eigenvalue weighted by Gasteiger charge is -2.46. The van der Waals surface area contributed by atoms with Crippen molar-refractivity contribution < 1.29 is 0 Å². The molecule has 0 saturated carbocycles. The third-order valence-corrected chi connectivity index (χ3v) is 14.9. The molecule has 0 N–H and O–H groups in total. The summed E-state index contributed by atoms with van der Waals surface area (Å²) in [5, 5.41) is 2.61. The summed E-state index contributed by atoms with van der Waals surface area (Å²) < 4.78 is 2.51. The van der Waals surface area contributed by atoms with E-state index in [1.807, 2.05) is 0 Å². The van der Waals surface area contributed by atoms with Gasteiger partial charge in [-0.25, -0.2) is 0 Å². The van der Waals surface area contributed by atoms with Gasteiger partial charge in [0.1, 0.15) is 0 Å². The number of fused-ring (bicyclic) bond motifs is 7. The Morgan fingerprint density at radius 2 is 0.985 bits per heavy atom. The third-order valence-electron chi connectivity index (χ3n) is 14.9. The molecule has 11 rings (SSSR count). The van der Waals surface area contributed by atoms with Crippen molar-refractivity contribution >= 4 is 79.0 Å². The fourth-order valence-electron chi connectivity index (χ4n) is 11.1. The van der Waals surface area contributed by atoms with Crippen LogP contribution in [0.15, 0.2) is 176 Å². The smallest absolute Gasteiger partial charge is 0.247 e. The second-order valence-electron chi connectivity index (χ2n) is 22.8. The van der Waals surface area contributed by atoms with Crippen molar-refractivity contribution in [2.45, 2.75) is 97.8 Å². The number of hydrogen-bond donors (Lipinski definition) is 0. The number of benzene rings is 8. The number of aromatic nitrogens is 1. The van der Waals surface area contributed by atoms with Crippen molar-refractivity contribution in [2.75, 3.05) is 9.80 Å². The summed E-state index contributed by atoms with van der Waals surface area (Å²) in [6.07, 6.45) is 0. The van der Waals surface area contributed by atoms with Gasteiger partial charge in [-0.2, -0.15) is 0 Å². The molecule has 2 aliphatic heterocycles. The highest BCUT2D eigenvalue weighted by Crippen LogP contribution is 2.48. The zero-order valence-corrected chi connectivity index (χ0v) is 41.2. The van der Waals surface area contributed by atoms with E-state index in [0.29, 0.717) is 0 Å².